The Morgan fingerprint density at radius 2 is 2.12 bits per heavy atom. The van der Waals surface area contributed by atoms with Crippen LogP contribution < -0.4 is 15.8 Å². The average Bonchev–Trinajstić information content (AvgIpc) is 2.14. The molecule has 0 aliphatic carbocycles. The maximum absolute atomic E-state index is 5.73. The van der Waals surface area contributed by atoms with Crippen LogP contribution >= 0.6 is 0 Å². The van der Waals surface area contributed by atoms with Gasteiger partial charge in [-0.05, 0) is 27.2 Å². The van der Waals surface area contributed by atoms with E-state index in [1.807, 2.05) is 13.8 Å². The smallest absolute Gasteiger partial charge is 0.226 e. The summed E-state index contributed by atoms with van der Waals surface area (Å²) in [6, 6.07) is 2.20. The Morgan fingerprint density at radius 1 is 1.44 bits per heavy atom. The van der Waals surface area contributed by atoms with E-state index in [4.69, 9.17) is 10.5 Å². The number of nitrogens with one attached hydrogen (secondary N) is 1. The second kappa shape index (κ2) is 5.65. The standard InChI is InChI=1S/C11H20N4O/c1-7(12)5-8(2)13-11-14-9(3)6-10(15-11)16-4/h6-8H,5,12H2,1-4H3,(H,13,14,15). The molecule has 3 N–H and O–H groups in total. The quantitative estimate of drug-likeness (QED) is 0.789. The minimum atomic E-state index is 0.161. The molecule has 0 amide bonds. The van der Waals surface area contributed by atoms with E-state index >= 15 is 0 Å². The summed E-state index contributed by atoms with van der Waals surface area (Å²) in [4.78, 5) is 8.50. The lowest BCUT2D eigenvalue weighted by Crippen LogP contribution is -2.27. The van der Waals surface area contributed by atoms with Crippen LogP contribution in [-0.2, 0) is 0 Å². The van der Waals surface area contributed by atoms with Gasteiger partial charge in [0.25, 0.3) is 0 Å². The van der Waals surface area contributed by atoms with Crippen LogP contribution in [0.5, 0.6) is 5.88 Å². The fourth-order valence-corrected chi connectivity index (χ4v) is 1.55. The summed E-state index contributed by atoms with van der Waals surface area (Å²) in [6.45, 7) is 5.95. The van der Waals surface area contributed by atoms with Crippen molar-refractivity contribution in [2.45, 2.75) is 39.3 Å². The van der Waals surface area contributed by atoms with Gasteiger partial charge in [0, 0.05) is 23.8 Å². The van der Waals surface area contributed by atoms with Gasteiger partial charge in [-0.15, -0.1) is 0 Å². The fraction of sp³-hybridized carbons (Fsp3) is 0.636. The number of ether oxygens (including phenoxy) is 1. The zero-order chi connectivity index (χ0) is 12.1. The Hall–Kier alpha value is -1.36. The molecule has 2 atom stereocenters. The van der Waals surface area contributed by atoms with Crippen LogP contribution in [0.3, 0.4) is 0 Å². The van der Waals surface area contributed by atoms with Crippen molar-refractivity contribution in [1.82, 2.24) is 9.97 Å². The molecule has 0 aromatic carbocycles. The maximum Gasteiger partial charge on any atom is 0.226 e. The summed E-state index contributed by atoms with van der Waals surface area (Å²) in [6.07, 6.45) is 0.875. The first-order valence-corrected chi connectivity index (χ1v) is 5.43. The molecule has 90 valence electrons. The lowest BCUT2D eigenvalue weighted by molar-refractivity contribution is 0.396. The van der Waals surface area contributed by atoms with Crippen LogP contribution in [0, 0.1) is 6.92 Å². The van der Waals surface area contributed by atoms with Gasteiger partial charge in [0.2, 0.25) is 11.8 Å². The van der Waals surface area contributed by atoms with Gasteiger partial charge in [-0.25, -0.2) is 4.98 Å². The Balaban J connectivity index is 2.69. The van der Waals surface area contributed by atoms with Crippen LogP contribution in [0.2, 0.25) is 0 Å². The van der Waals surface area contributed by atoms with Gasteiger partial charge in [0.05, 0.1) is 7.11 Å². The number of hydrogen-bond acceptors (Lipinski definition) is 5. The monoisotopic (exact) mass is 224 g/mol. The topological polar surface area (TPSA) is 73.1 Å². The summed E-state index contributed by atoms with van der Waals surface area (Å²) in [7, 11) is 1.59. The van der Waals surface area contributed by atoms with Crippen molar-refractivity contribution in [1.29, 1.82) is 0 Å². The zero-order valence-corrected chi connectivity index (χ0v) is 10.3. The van der Waals surface area contributed by atoms with Crippen LogP contribution in [-0.4, -0.2) is 29.2 Å². The van der Waals surface area contributed by atoms with Crippen molar-refractivity contribution < 1.29 is 4.74 Å². The highest BCUT2D eigenvalue weighted by atomic mass is 16.5. The molecule has 1 aromatic heterocycles. The first kappa shape index (κ1) is 12.7. The summed E-state index contributed by atoms with van der Waals surface area (Å²) in [5.41, 5.74) is 6.60. The number of methoxy groups -OCH3 is 1. The van der Waals surface area contributed by atoms with Gasteiger partial charge in [-0.2, -0.15) is 4.98 Å². The normalized spacial score (nSPS) is 14.3. The minimum absolute atomic E-state index is 0.161. The summed E-state index contributed by atoms with van der Waals surface area (Å²) in [5.74, 6) is 1.16. The molecular formula is C11H20N4O. The van der Waals surface area contributed by atoms with Crippen molar-refractivity contribution in [3.05, 3.63) is 11.8 Å². The molecule has 0 bridgehead atoms. The number of aryl methyl sites for hydroxylation is 1. The van der Waals surface area contributed by atoms with Crippen molar-refractivity contribution in [2.24, 2.45) is 5.73 Å². The van der Waals surface area contributed by atoms with E-state index in [0.717, 1.165) is 12.1 Å². The van der Waals surface area contributed by atoms with Gasteiger partial charge >= 0.3 is 0 Å². The Labute approximate surface area is 96.4 Å². The highest BCUT2D eigenvalue weighted by molar-refractivity contribution is 5.31. The first-order chi connectivity index (χ1) is 7.51. The van der Waals surface area contributed by atoms with Gasteiger partial charge in [-0.3, -0.25) is 0 Å². The molecule has 5 nitrogen and oxygen atoms in total. The third-order valence-corrected chi connectivity index (χ3v) is 2.14. The summed E-state index contributed by atoms with van der Waals surface area (Å²) in [5, 5.41) is 3.21. The summed E-state index contributed by atoms with van der Waals surface area (Å²) < 4.78 is 5.08. The molecule has 2 unspecified atom stereocenters. The van der Waals surface area contributed by atoms with Crippen LogP contribution in [0.4, 0.5) is 5.95 Å². The third kappa shape index (κ3) is 4.02. The molecule has 1 aromatic rings. The predicted molar refractivity (Wildman–Crippen MR) is 64.7 cm³/mol. The molecule has 0 spiro atoms. The maximum atomic E-state index is 5.73. The van der Waals surface area contributed by atoms with Gasteiger partial charge in [0.15, 0.2) is 0 Å². The molecule has 0 saturated carbocycles. The Bertz CT molecular complexity index is 341. The van der Waals surface area contributed by atoms with E-state index in [9.17, 15) is 0 Å². The highest BCUT2D eigenvalue weighted by Crippen LogP contribution is 2.12. The minimum Gasteiger partial charge on any atom is -0.481 e. The molecule has 16 heavy (non-hydrogen) atoms. The van der Waals surface area contributed by atoms with E-state index < -0.39 is 0 Å². The predicted octanol–water partition coefficient (Wildman–Crippen LogP) is 1.33. The molecule has 1 rings (SSSR count). The SMILES string of the molecule is COc1cc(C)nc(NC(C)CC(C)N)n1. The number of hydrogen-bond donors (Lipinski definition) is 2. The van der Waals surface area contributed by atoms with E-state index in [1.165, 1.54) is 0 Å². The Kier molecular flexibility index (Phi) is 4.49. The van der Waals surface area contributed by atoms with Crippen molar-refractivity contribution in [2.75, 3.05) is 12.4 Å². The number of anilines is 1. The summed E-state index contributed by atoms with van der Waals surface area (Å²) >= 11 is 0. The van der Waals surface area contributed by atoms with Gasteiger partial charge in [0.1, 0.15) is 0 Å². The third-order valence-electron chi connectivity index (χ3n) is 2.14. The van der Waals surface area contributed by atoms with Crippen LogP contribution in [0.1, 0.15) is 26.0 Å². The van der Waals surface area contributed by atoms with E-state index in [-0.39, 0.29) is 12.1 Å². The van der Waals surface area contributed by atoms with Crippen LogP contribution in [0.15, 0.2) is 6.07 Å². The molecule has 1 heterocycles. The molecule has 0 aliphatic heterocycles. The second-order valence-corrected chi connectivity index (χ2v) is 4.13. The number of rotatable bonds is 5. The highest BCUT2D eigenvalue weighted by Gasteiger charge is 2.08. The van der Waals surface area contributed by atoms with E-state index in [0.29, 0.717) is 11.8 Å². The molecule has 5 heteroatoms. The zero-order valence-electron chi connectivity index (χ0n) is 10.3. The number of aromatic nitrogens is 2. The Morgan fingerprint density at radius 3 is 2.69 bits per heavy atom. The second-order valence-electron chi connectivity index (χ2n) is 4.13. The molecule has 0 fully saturated rings. The fourth-order valence-electron chi connectivity index (χ4n) is 1.55. The van der Waals surface area contributed by atoms with Crippen LogP contribution in [0.25, 0.3) is 0 Å². The lowest BCUT2D eigenvalue weighted by Gasteiger charge is -2.16. The van der Waals surface area contributed by atoms with Gasteiger partial charge < -0.3 is 15.8 Å². The first-order valence-electron chi connectivity index (χ1n) is 5.43. The van der Waals surface area contributed by atoms with E-state index in [1.54, 1.807) is 13.2 Å². The largest absolute Gasteiger partial charge is 0.481 e. The van der Waals surface area contributed by atoms with Gasteiger partial charge in [-0.1, -0.05) is 0 Å². The number of nitrogens with zero attached hydrogens (tertiary/aromatic N) is 2. The number of nitrogens with two attached hydrogens (primary N) is 1. The average molecular weight is 224 g/mol. The molecular weight excluding hydrogens is 204 g/mol. The van der Waals surface area contributed by atoms with Crippen molar-refractivity contribution >= 4 is 5.95 Å². The molecule has 0 saturated heterocycles. The molecule has 0 aliphatic rings. The van der Waals surface area contributed by atoms with Crippen molar-refractivity contribution in [3.8, 4) is 5.88 Å². The molecule has 0 radical (unpaired) electrons. The lowest BCUT2D eigenvalue weighted by atomic mass is 10.1. The van der Waals surface area contributed by atoms with Crippen molar-refractivity contribution in [3.63, 3.8) is 0 Å². The van der Waals surface area contributed by atoms with E-state index in [2.05, 4.69) is 22.2 Å².